The summed E-state index contributed by atoms with van der Waals surface area (Å²) in [6.07, 6.45) is -0.0620. The van der Waals surface area contributed by atoms with Crippen molar-refractivity contribution in [1.29, 1.82) is 0 Å². The molecule has 4 heteroatoms. The average Bonchev–Trinajstić information content (AvgIpc) is 2.18. The molecule has 17 heavy (non-hydrogen) atoms. The van der Waals surface area contributed by atoms with E-state index in [1.165, 1.54) is 0 Å². The third-order valence-electron chi connectivity index (χ3n) is 2.11. The lowest BCUT2D eigenvalue weighted by molar-refractivity contribution is -0.140. The van der Waals surface area contributed by atoms with Gasteiger partial charge in [0.25, 0.3) is 0 Å². The number of para-hydroxylation sites is 2. The zero-order chi connectivity index (χ0) is 12.9. The van der Waals surface area contributed by atoms with Crippen LogP contribution in [0.4, 0.5) is 0 Å². The molecule has 0 radical (unpaired) electrons. The van der Waals surface area contributed by atoms with E-state index in [4.69, 9.17) is 14.6 Å². The highest BCUT2D eigenvalue weighted by Crippen LogP contribution is 2.30. The van der Waals surface area contributed by atoms with Crippen LogP contribution in [0.15, 0.2) is 24.3 Å². The van der Waals surface area contributed by atoms with Gasteiger partial charge in [0.05, 0.1) is 13.0 Å². The Hall–Kier alpha value is -1.71. The topological polar surface area (TPSA) is 55.8 Å². The lowest BCUT2D eigenvalue weighted by atomic mass is 10.1. The molecule has 0 unspecified atom stereocenters. The monoisotopic (exact) mass is 238 g/mol. The van der Waals surface area contributed by atoms with E-state index in [2.05, 4.69) is 0 Å². The van der Waals surface area contributed by atoms with Gasteiger partial charge in [0.1, 0.15) is 5.60 Å². The van der Waals surface area contributed by atoms with Crippen LogP contribution in [-0.2, 0) is 4.79 Å². The molecule has 0 fully saturated rings. The fourth-order valence-electron chi connectivity index (χ4n) is 1.51. The van der Waals surface area contributed by atoms with E-state index in [1.54, 1.807) is 26.0 Å². The number of rotatable bonds is 6. The summed E-state index contributed by atoms with van der Waals surface area (Å²) in [7, 11) is 0. The summed E-state index contributed by atoms with van der Waals surface area (Å²) in [6.45, 7) is 5.91. The van der Waals surface area contributed by atoms with Crippen LogP contribution in [0.5, 0.6) is 11.5 Å². The average molecular weight is 238 g/mol. The van der Waals surface area contributed by atoms with Crippen molar-refractivity contribution >= 4 is 5.97 Å². The molecule has 0 bridgehead atoms. The third kappa shape index (κ3) is 4.34. The van der Waals surface area contributed by atoms with E-state index >= 15 is 0 Å². The Morgan fingerprint density at radius 3 is 2.41 bits per heavy atom. The van der Waals surface area contributed by atoms with Crippen LogP contribution >= 0.6 is 0 Å². The van der Waals surface area contributed by atoms with Gasteiger partial charge in [-0.05, 0) is 32.9 Å². The lowest BCUT2D eigenvalue weighted by Gasteiger charge is -2.25. The minimum absolute atomic E-state index is 0.0620. The lowest BCUT2D eigenvalue weighted by Crippen LogP contribution is -2.31. The van der Waals surface area contributed by atoms with E-state index in [1.807, 2.05) is 19.1 Å². The summed E-state index contributed by atoms with van der Waals surface area (Å²) in [5, 5.41) is 8.79. The largest absolute Gasteiger partial charge is 0.490 e. The minimum Gasteiger partial charge on any atom is -0.490 e. The van der Waals surface area contributed by atoms with Crippen molar-refractivity contribution in [3.05, 3.63) is 24.3 Å². The van der Waals surface area contributed by atoms with Gasteiger partial charge in [-0.15, -0.1) is 0 Å². The van der Waals surface area contributed by atoms with Crippen molar-refractivity contribution in [2.75, 3.05) is 6.61 Å². The molecule has 1 rings (SSSR count). The predicted octanol–water partition coefficient (Wildman–Crippen LogP) is 2.72. The first-order chi connectivity index (χ1) is 7.94. The van der Waals surface area contributed by atoms with Gasteiger partial charge in [-0.25, -0.2) is 0 Å². The smallest absolute Gasteiger partial charge is 0.307 e. The molecule has 4 nitrogen and oxygen atoms in total. The molecule has 1 aromatic rings. The van der Waals surface area contributed by atoms with Gasteiger partial charge in [0.2, 0.25) is 0 Å². The zero-order valence-corrected chi connectivity index (χ0v) is 10.4. The summed E-state index contributed by atoms with van der Waals surface area (Å²) in [6, 6.07) is 7.25. The number of carbonyl (C=O) groups is 1. The van der Waals surface area contributed by atoms with Crippen LogP contribution in [0, 0.1) is 0 Å². The Morgan fingerprint density at radius 2 is 1.88 bits per heavy atom. The van der Waals surface area contributed by atoms with Crippen molar-refractivity contribution in [3.8, 4) is 11.5 Å². The Balaban J connectivity index is 2.82. The van der Waals surface area contributed by atoms with Gasteiger partial charge in [0, 0.05) is 0 Å². The Bertz CT molecular complexity index is 385. The summed E-state index contributed by atoms with van der Waals surface area (Å²) in [5.74, 6) is 0.318. The van der Waals surface area contributed by atoms with E-state index in [-0.39, 0.29) is 6.42 Å². The van der Waals surface area contributed by atoms with Crippen LogP contribution in [0.3, 0.4) is 0 Å². The molecule has 1 N–H and O–H groups in total. The predicted molar refractivity (Wildman–Crippen MR) is 64.6 cm³/mol. The van der Waals surface area contributed by atoms with Gasteiger partial charge < -0.3 is 14.6 Å². The van der Waals surface area contributed by atoms with Crippen molar-refractivity contribution < 1.29 is 19.4 Å². The van der Waals surface area contributed by atoms with Crippen LogP contribution in [0.1, 0.15) is 27.2 Å². The van der Waals surface area contributed by atoms with E-state index in [0.717, 1.165) is 0 Å². The van der Waals surface area contributed by atoms with Crippen molar-refractivity contribution in [1.82, 2.24) is 0 Å². The molecule has 0 heterocycles. The molecule has 0 saturated heterocycles. The van der Waals surface area contributed by atoms with Crippen LogP contribution in [0.25, 0.3) is 0 Å². The zero-order valence-electron chi connectivity index (χ0n) is 10.4. The normalized spacial score (nSPS) is 11.0. The number of hydrogen-bond donors (Lipinski definition) is 1. The summed E-state index contributed by atoms with van der Waals surface area (Å²) >= 11 is 0. The second kappa shape index (κ2) is 5.57. The second-order valence-corrected chi connectivity index (χ2v) is 4.31. The maximum absolute atomic E-state index is 10.7. The third-order valence-corrected chi connectivity index (χ3v) is 2.11. The first-order valence-corrected chi connectivity index (χ1v) is 5.57. The summed E-state index contributed by atoms with van der Waals surface area (Å²) in [5.41, 5.74) is -0.765. The van der Waals surface area contributed by atoms with Crippen molar-refractivity contribution in [2.24, 2.45) is 0 Å². The van der Waals surface area contributed by atoms with Gasteiger partial charge in [-0.2, -0.15) is 0 Å². The maximum atomic E-state index is 10.7. The maximum Gasteiger partial charge on any atom is 0.307 e. The minimum atomic E-state index is -0.885. The highest BCUT2D eigenvalue weighted by atomic mass is 16.5. The number of hydrogen-bond acceptors (Lipinski definition) is 3. The van der Waals surface area contributed by atoms with Crippen molar-refractivity contribution in [3.63, 3.8) is 0 Å². The fourth-order valence-corrected chi connectivity index (χ4v) is 1.51. The molecule has 0 atom stereocenters. The Morgan fingerprint density at radius 1 is 1.29 bits per heavy atom. The SMILES string of the molecule is CCOc1ccccc1OC(C)(C)CC(=O)O. The van der Waals surface area contributed by atoms with E-state index < -0.39 is 11.6 Å². The molecule has 0 aliphatic heterocycles. The molecule has 0 amide bonds. The van der Waals surface area contributed by atoms with Gasteiger partial charge in [-0.1, -0.05) is 12.1 Å². The fraction of sp³-hybridized carbons (Fsp3) is 0.462. The van der Waals surface area contributed by atoms with Crippen LogP contribution < -0.4 is 9.47 Å². The number of benzene rings is 1. The Labute approximate surface area is 101 Å². The molecule has 0 saturated carbocycles. The van der Waals surface area contributed by atoms with Gasteiger partial charge in [0.15, 0.2) is 11.5 Å². The standard InChI is InChI=1S/C13H18O4/c1-4-16-10-7-5-6-8-11(10)17-13(2,3)9-12(14)15/h5-8H,4,9H2,1-3H3,(H,14,15). The number of carboxylic acid groups (broad SMARTS) is 1. The van der Waals surface area contributed by atoms with Crippen molar-refractivity contribution in [2.45, 2.75) is 32.8 Å². The number of ether oxygens (including phenoxy) is 2. The molecule has 0 aromatic heterocycles. The van der Waals surface area contributed by atoms with E-state index in [9.17, 15) is 4.79 Å². The summed E-state index contributed by atoms with van der Waals surface area (Å²) < 4.78 is 11.1. The molecular weight excluding hydrogens is 220 g/mol. The molecule has 0 aliphatic carbocycles. The second-order valence-electron chi connectivity index (χ2n) is 4.31. The number of aliphatic carboxylic acids is 1. The molecule has 94 valence electrons. The Kier molecular flexibility index (Phi) is 4.37. The molecule has 0 aliphatic rings. The molecular formula is C13H18O4. The van der Waals surface area contributed by atoms with E-state index in [0.29, 0.717) is 18.1 Å². The summed E-state index contributed by atoms with van der Waals surface area (Å²) in [4.78, 5) is 10.7. The van der Waals surface area contributed by atoms with Crippen LogP contribution in [-0.4, -0.2) is 23.3 Å². The van der Waals surface area contributed by atoms with Gasteiger partial charge in [-0.3, -0.25) is 4.79 Å². The quantitative estimate of drug-likeness (QED) is 0.827. The highest BCUT2D eigenvalue weighted by Gasteiger charge is 2.25. The molecule has 0 spiro atoms. The highest BCUT2D eigenvalue weighted by molar-refractivity contribution is 5.68. The molecule has 1 aromatic carbocycles. The number of carboxylic acids is 1. The first-order valence-electron chi connectivity index (χ1n) is 5.57. The van der Waals surface area contributed by atoms with Gasteiger partial charge >= 0.3 is 5.97 Å². The first kappa shape index (κ1) is 13.4. The van der Waals surface area contributed by atoms with Crippen LogP contribution in [0.2, 0.25) is 0 Å².